The van der Waals surface area contributed by atoms with Crippen molar-refractivity contribution in [2.24, 2.45) is 16.7 Å². The zero-order chi connectivity index (χ0) is 16.3. The quantitative estimate of drug-likeness (QED) is 0.792. The monoisotopic (exact) mass is 329 g/mol. The molecule has 5 nitrogen and oxygen atoms in total. The third kappa shape index (κ3) is 2.26. The molecule has 1 aliphatic heterocycles. The molecule has 2 saturated carbocycles. The Morgan fingerprint density at radius 2 is 1.82 bits per heavy atom. The molecular weight excluding hydrogens is 302 g/mol. The number of hydrogen-bond donors (Lipinski definition) is 0. The fraction of sp³-hybridized carbons (Fsp3) is 0.938. The minimum Gasteiger partial charge on any atom is -0.373 e. The summed E-state index contributed by atoms with van der Waals surface area (Å²) in [5, 5.41) is 0. The minimum atomic E-state index is -3.45. The first kappa shape index (κ1) is 16.4. The van der Waals surface area contributed by atoms with E-state index in [2.05, 4.69) is 13.8 Å². The van der Waals surface area contributed by atoms with Gasteiger partial charge in [0.2, 0.25) is 10.0 Å². The van der Waals surface area contributed by atoms with Gasteiger partial charge in [-0.2, -0.15) is 4.31 Å². The first-order valence-corrected chi connectivity index (χ1v) is 9.86. The predicted octanol–water partition coefficient (Wildman–Crippen LogP) is 1.82. The highest BCUT2D eigenvalue weighted by Crippen LogP contribution is 2.64. The zero-order valence-electron chi connectivity index (χ0n) is 14.0. The number of ether oxygens (including phenoxy) is 1. The molecular formula is C16H27NO4S. The van der Waals surface area contributed by atoms with E-state index in [9.17, 15) is 13.2 Å². The fourth-order valence-electron chi connectivity index (χ4n) is 4.87. The lowest BCUT2D eigenvalue weighted by Gasteiger charge is -2.40. The molecule has 0 radical (unpaired) electrons. The minimum absolute atomic E-state index is 0.0260. The van der Waals surface area contributed by atoms with E-state index in [-0.39, 0.29) is 29.2 Å². The molecule has 6 heteroatoms. The first-order valence-electron chi connectivity index (χ1n) is 8.25. The number of rotatable bonds is 3. The van der Waals surface area contributed by atoms with Gasteiger partial charge in [-0.05, 0) is 38.0 Å². The number of Topliss-reactive ketones (excluding diaryl/α,β-unsaturated/α-hetero) is 1. The number of hydrogen-bond acceptors (Lipinski definition) is 4. The van der Waals surface area contributed by atoms with Gasteiger partial charge in [-0.3, -0.25) is 4.79 Å². The Hall–Kier alpha value is -0.460. The van der Waals surface area contributed by atoms with E-state index in [0.29, 0.717) is 25.4 Å². The van der Waals surface area contributed by atoms with Crippen LogP contribution in [0, 0.1) is 16.7 Å². The van der Waals surface area contributed by atoms with Gasteiger partial charge in [0.25, 0.3) is 0 Å². The van der Waals surface area contributed by atoms with Gasteiger partial charge in [-0.25, -0.2) is 8.42 Å². The molecule has 0 spiro atoms. The van der Waals surface area contributed by atoms with Crippen molar-refractivity contribution in [3.8, 4) is 0 Å². The fourth-order valence-corrected chi connectivity index (χ4v) is 7.23. The van der Waals surface area contributed by atoms with Crippen LogP contribution in [0.1, 0.15) is 47.0 Å². The average molecular weight is 329 g/mol. The van der Waals surface area contributed by atoms with E-state index in [1.165, 1.54) is 4.31 Å². The van der Waals surface area contributed by atoms with Crippen molar-refractivity contribution < 1.29 is 17.9 Å². The summed E-state index contributed by atoms with van der Waals surface area (Å²) >= 11 is 0. The molecule has 0 aromatic heterocycles. The third-order valence-corrected chi connectivity index (χ3v) is 8.29. The number of carbonyl (C=O) groups is 1. The van der Waals surface area contributed by atoms with E-state index in [1.54, 1.807) is 0 Å². The van der Waals surface area contributed by atoms with Crippen LogP contribution in [0.4, 0.5) is 0 Å². The number of nitrogens with zero attached hydrogens (tertiary/aromatic N) is 1. The van der Waals surface area contributed by atoms with Gasteiger partial charge in [0.1, 0.15) is 5.78 Å². The van der Waals surface area contributed by atoms with E-state index >= 15 is 0 Å². The van der Waals surface area contributed by atoms with Gasteiger partial charge < -0.3 is 4.74 Å². The van der Waals surface area contributed by atoms with Crippen LogP contribution in [0.25, 0.3) is 0 Å². The second kappa shape index (κ2) is 5.02. The molecule has 0 N–H and O–H groups in total. The number of morpholine rings is 1. The van der Waals surface area contributed by atoms with Crippen LogP contribution in [0.3, 0.4) is 0 Å². The van der Waals surface area contributed by atoms with Gasteiger partial charge in [-0.1, -0.05) is 13.8 Å². The number of ketones is 1. The summed E-state index contributed by atoms with van der Waals surface area (Å²) in [6.45, 7) is 8.73. The second-order valence-corrected chi connectivity index (χ2v) is 9.97. The van der Waals surface area contributed by atoms with Gasteiger partial charge in [0.05, 0.1) is 18.0 Å². The van der Waals surface area contributed by atoms with Crippen molar-refractivity contribution in [2.45, 2.75) is 59.2 Å². The zero-order valence-corrected chi connectivity index (χ0v) is 14.8. The highest BCUT2D eigenvalue weighted by atomic mass is 32.2. The lowest BCUT2D eigenvalue weighted by molar-refractivity contribution is -0.128. The first-order chi connectivity index (χ1) is 10.1. The van der Waals surface area contributed by atoms with Crippen molar-refractivity contribution in [3.05, 3.63) is 0 Å². The van der Waals surface area contributed by atoms with Crippen LogP contribution < -0.4 is 0 Å². The summed E-state index contributed by atoms with van der Waals surface area (Å²) in [6.07, 6.45) is 2.06. The summed E-state index contributed by atoms with van der Waals surface area (Å²) in [5.41, 5.74) is -0.887. The Morgan fingerprint density at radius 3 is 2.27 bits per heavy atom. The van der Waals surface area contributed by atoms with Crippen LogP contribution in [0.15, 0.2) is 0 Å². The van der Waals surface area contributed by atoms with Crippen LogP contribution in [-0.2, 0) is 19.6 Å². The summed E-state index contributed by atoms with van der Waals surface area (Å²) in [7, 11) is -3.45. The number of carbonyl (C=O) groups excluding carboxylic acids is 1. The van der Waals surface area contributed by atoms with Gasteiger partial charge in [0.15, 0.2) is 0 Å². The summed E-state index contributed by atoms with van der Waals surface area (Å²) < 4.78 is 33.1. The molecule has 3 fully saturated rings. The SMILES string of the molecule is CC1CN(S(=O)(=O)CC23CCC(CC2=O)C3(C)C)CC(C)O1. The van der Waals surface area contributed by atoms with E-state index in [4.69, 9.17) is 4.74 Å². The van der Waals surface area contributed by atoms with E-state index in [1.807, 2.05) is 13.8 Å². The highest BCUT2D eigenvalue weighted by Gasteiger charge is 2.65. The summed E-state index contributed by atoms with van der Waals surface area (Å²) in [5.74, 6) is 0.478. The molecule has 2 bridgehead atoms. The van der Waals surface area contributed by atoms with Crippen molar-refractivity contribution in [2.75, 3.05) is 18.8 Å². The van der Waals surface area contributed by atoms with E-state index < -0.39 is 15.4 Å². The number of sulfonamides is 1. The largest absolute Gasteiger partial charge is 0.373 e. The molecule has 2 aliphatic carbocycles. The molecule has 0 aromatic rings. The predicted molar refractivity (Wildman–Crippen MR) is 83.9 cm³/mol. The Balaban J connectivity index is 1.87. The van der Waals surface area contributed by atoms with Crippen LogP contribution in [0.5, 0.6) is 0 Å². The molecule has 3 rings (SSSR count). The van der Waals surface area contributed by atoms with E-state index in [0.717, 1.165) is 12.8 Å². The number of fused-ring (bicyclic) bond motifs is 2. The van der Waals surface area contributed by atoms with Gasteiger partial charge in [-0.15, -0.1) is 0 Å². The van der Waals surface area contributed by atoms with Crippen LogP contribution in [-0.4, -0.2) is 49.6 Å². The molecule has 3 aliphatic rings. The maximum absolute atomic E-state index is 13.0. The second-order valence-electron chi connectivity index (χ2n) is 8.00. The summed E-state index contributed by atoms with van der Waals surface area (Å²) in [4.78, 5) is 12.6. The van der Waals surface area contributed by atoms with Crippen LogP contribution in [0.2, 0.25) is 0 Å². The molecule has 22 heavy (non-hydrogen) atoms. The standard InChI is InChI=1S/C16H27NO4S/c1-11-8-17(9-12(2)21-11)22(19,20)10-16-6-5-13(7-14(16)18)15(16,3)4/h11-13H,5-10H2,1-4H3. The highest BCUT2D eigenvalue weighted by molar-refractivity contribution is 7.89. The van der Waals surface area contributed by atoms with Gasteiger partial charge >= 0.3 is 0 Å². The normalized spacial score (nSPS) is 42.0. The van der Waals surface area contributed by atoms with Crippen molar-refractivity contribution >= 4 is 15.8 Å². The molecule has 126 valence electrons. The Morgan fingerprint density at radius 1 is 1.23 bits per heavy atom. The molecule has 1 saturated heterocycles. The lowest BCUT2D eigenvalue weighted by atomic mass is 9.70. The molecule has 1 heterocycles. The Bertz CT molecular complexity index is 575. The molecule has 4 unspecified atom stereocenters. The smallest absolute Gasteiger partial charge is 0.215 e. The Kier molecular flexibility index (Phi) is 3.74. The molecule has 0 aromatic carbocycles. The van der Waals surface area contributed by atoms with Crippen molar-refractivity contribution in [1.29, 1.82) is 0 Å². The third-order valence-electron chi connectivity index (χ3n) is 6.35. The summed E-state index contributed by atoms with van der Waals surface area (Å²) in [6, 6.07) is 0. The maximum Gasteiger partial charge on any atom is 0.215 e. The lowest BCUT2D eigenvalue weighted by Crippen LogP contribution is -2.52. The van der Waals surface area contributed by atoms with Crippen LogP contribution >= 0.6 is 0 Å². The van der Waals surface area contributed by atoms with Crippen molar-refractivity contribution in [1.82, 2.24) is 4.31 Å². The van der Waals surface area contributed by atoms with Crippen molar-refractivity contribution in [3.63, 3.8) is 0 Å². The average Bonchev–Trinajstić information content (AvgIpc) is 2.71. The molecule has 4 atom stereocenters. The Labute approximate surface area is 133 Å². The van der Waals surface area contributed by atoms with Gasteiger partial charge in [0, 0.05) is 24.9 Å². The topological polar surface area (TPSA) is 63.7 Å². The maximum atomic E-state index is 13.0. The molecule has 0 amide bonds.